The first-order valence-corrected chi connectivity index (χ1v) is 10.8. The minimum atomic E-state index is -3.57. The lowest BCUT2D eigenvalue weighted by molar-refractivity contribution is 0.414. The first-order valence-electron chi connectivity index (χ1n) is 9.29. The van der Waals surface area contributed by atoms with E-state index in [1.807, 2.05) is 68.4 Å². The number of amidine groups is 1. The number of hydrogen-bond donors (Lipinski definition) is 0. The molecule has 0 bridgehead atoms. The van der Waals surface area contributed by atoms with Crippen LogP contribution in [0.3, 0.4) is 0 Å². The van der Waals surface area contributed by atoms with Crippen molar-refractivity contribution >= 4 is 15.9 Å². The van der Waals surface area contributed by atoms with E-state index in [-0.39, 0.29) is 5.92 Å². The number of likely N-dealkylation sites (N-methyl/N-ethyl adjacent to an activating group) is 1. The number of benzene rings is 2. The Morgan fingerprint density at radius 3 is 2.22 bits per heavy atom. The van der Waals surface area contributed by atoms with E-state index in [2.05, 4.69) is 9.30 Å². The van der Waals surface area contributed by atoms with Crippen molar-refractivity contribution in [3.8, 4) is 5.75 Å². The van der Waals surface area contributed by atoms with Crippen LogP contribution in [0.5, 0.6) is 5.75 Å². The van der Waals surface area contributed by atoms with Crippen molar-refractivity contribution in [1.29, 1.82) is 0 Å². The number of hydrogen-bond acceptors (Lipinski definition) is 4. The molecule has 0 saturated heterocycles. The quantitative estimate of drug-likeness (QED) is 0.794. The minimum absolute atomic E-state index is 0.120. The summed E-state index contributed by atoms with van der Waals surface area (Å²) in [5.41, 5.74) is 1.40. The average Bonchev–Trinajstić information content (AvgIpc) is 3.35. The van der Waals surface area contributed by atoms with Gasteiger partial charge in [0.2, 0.25) is 0 Å². The van der Waals surface area contributed by atoms with Crippen LogP contribution in [0.15, 0.2) is 59.0 Å². The highest BCUT2D eigenvalue weighted by molar-refractivity contribution is 7.91. The molecule has 0 amide bonds. The van der Waals surface area contributed by atoms with Gasteiger partial charge in [-0.1, -0.05) is 42.5 Å². The normalized spacial score (nSPS) is 27.6. The summed E-state index contributed by atoms with van der Waals surface area (Å²) in [5.74, 6) is 1.31. The lowest BCUT2D eigenvalue weighted by atomic mass is 9.88. The number of nitrogens with zero attached hydrogens (tertiary/aromatic N) is 2. The van der Waals surface area contributed by atoms with Crippen molar-refractivity contribution in [2.75, 3.05) is 20.2 Å². The van der Waals surface area contributed by atoms with E-state index < -0.39 is 20.7 Å². The van der Waals surface area contributed by atoms with Crippen molar-refractivity contribution in [2.24, 2.45) is 4.40 Å². The summed E-state index contributed by atoms with van der Waals surface area (Å²) in [6, 6.07) is 17.7. The van der Waals surface area contributed by atoms with Crippen LogP contribution in [0.1, 0.15) is 30.9 Å². The maximum atomic E-state index is 13.0. The molecule has 1 aliphatic carbocycles. The minimum Gasteiger partial charge on any atom is -0.497 e. The smallest absolute Gasteiger partial charge is 0.259 e. The second kappa shape index (κ2) is 6.37. The van der Waals surface area contributed by atoms with E-state index in [9.17, 15) is 8.42 Å². The van der Waals surface area contributed by atoms with E-state index in [4.69, 9.17) is 4.74 Å². The molecule has 5 nitrogen and oxygen atoms in total. The summed E-state index contributed by atoms with van der Waals surface area (Å²) in [6.07, 6.45) is 0. The molecular formula is C21H24N2O3S. The van der Waals surface area contributed by atoms with Crippen LogP contribution in [0, 0.1) is 0 Å². The molecule has 4 rings (SSSR count). The fraction of sp³-hybridized carbons (Fsp3) is 0.381. The second-order valence-corrected chi connectivity index (χ2v) is 8.73. The third-order valence-corrected chi connectivity index (χ3v) is 7.54. The van der Waals surface area contributed by atoms with Crippen molar-refractivity contribution in [2.45, 2.75) is 30.4 Å². The first kappa shape index (κ1) is 18.0. The lowest BCUT2D eigenvalue weighted by Crippen LogP contribution is -2.39. The number of sulfonamides is 1. The fourth-order valence-electron chi connectivity index (χ4n) is 4.56. The molecule has 2 aromatic rings. The third-order valence-electron chi connectivity index (χ3n) is 5.83. The van der Waals surface area contributed by atoms with Gasteiger partial charge in [0.15, 0.2) is 0 Å². The van der Waals surface area contributed by atoms with Crippen LogP contribution < -0.4 is 4.74 Å². The zero-order chi connectivity index (χ0) is 19.2. The molecule has 6 heteroatoms. The molecule has 1 heterocycles. The molecule has 1 fully saturated rings. The second-order valence-electron chi connectivity index (χ2n) is 7.01. The summed E-state index contributed by atoms with van der Waals surface area (Å²) in [7, 11) is -1.94. The van der Waals surface area contributed by atoms with Gasteiger partial charge in [0.25, 0.3) is 10.0 Å². The Hall–Kier alpha value is -2.34. The molecule has 0 spiro atoms. The predicted molar refractivity (Wildman–Crippen MR) is 107 cm³/mol. The van der Waals surface area contributed by atoms with E-state index in [0.29, 0.717) is 5.84 Å². The molecule has 142 valence electrons. The SMILES string of the molecule is CCN(CC)C1=NS(=O)(=O)C2C(c3ccccc3)C12c1ccc(OC)cc1. The van der Waals surface area contributed by atoms with Gasteiger partial charge in [-0.25, -0.2) is 8.42 Å². The molecule has 0 N–H and O–H groups in total. The van der Waals surface area contributed by atoms with E-state index in [1.54, 1.807) is 7.11 Å². The predicted octanol–water partition coefficient (Wildman–Crippen LogP) is 3.18. The molecular weight excluding hydrogens is 360 g/mol. The summed E-state index contributed by atoms with van der Waals surface area (Å²) >= 11 is 0. The standard InChI is InChI=1S/C21H24N2O3S/c1-4-23(5-2)20-21(16-11-13-17(26-3)14-12-16)18(15-9-7-6-8-10-15)19(21)27(24,25)22-20/h6-14,18-19H,4-5H2,1-3H3. The number of fused-ring (bicyclic) bond motifs is 1. The van der Waals surface area contributed by atoms with Crippen LogP contribution in [0.25, 0.3) is 0 Å². The number of ether oxygens (including phenoxy) is 1. The van der Waals surface area contributed by atoms with Crippen molar-refractivity contribution < 1.29 is 13.2 Å². The molecule has 27 heavy (non-hydrogen) atoms. The van der Waals surface area contributed by atoms with Gasteiger partial charge in [-0.05, 0) is 37.1 Å². The highest BCUT2D eigenvalue weighted by Crippen LogP contribution is 2.68. The van der Waals surface area contributed by atoms with Crippen molar-refractivity contribution in [3.05, 3.63) is 65.7 Å². The van der Waals surface area contributed by atoms with E-state index >= 15 is 0 Å². The Morgan fingerprint density at radius 1 is 1.04 bits per heavy atom. The third kappa shape index (κ3) is 2.50. The summed E-state index contributed by atoms with van der Waals surface area (Å²) in [5, 5.41) is -0.545. The van der Waals surface area contributed by atoms with Gasteiger partial charge in [0, 0.05) is 19.0 Å². The Bertz CT molecular complexity index is 966. The van der Waals surface area contributed by atoms with Gasteiger partial charge in [-0.2, -0.15) is 0 Å². The topological polar surface area (TPSA) is 59.0 Å². The lowest BCUT2D eigenvalue weighted by Gasteiger charge is -2.28. The van der Waals surface area contributed by atoms with Gasteiger partial charge in [0.05, 0.1) is 12.5 Å². The van der Waals surface area contributed by atoms with Gasteiger partial charge in [0.1, 0.15) is 16.8 Å². The maximum absolute atomic E-state index is 13.0. The zero-order valence-corrected chi connectivity index (χ0v) is 16.6. The van der Waals surface area contributed by atoms with Gasteiger partial charge >= 0.3 is 0 Å². The summed E-state index contributed by atoms with van der Waals surface area (Å²) in [6.45, 7) is 5.51. The highest BCUT2D eigenvalue weighted by Gasteiger charge is 2.78. The van der Waals surface area contributed by atoms with Gasteiger partial charge in [-0.3, -0.25) is 0 Å². The van der Waals surface area contributed by atoms with Crippen LogP contribution >= 0.6 is 0 Å². The number of methoxy groups -OCH3 is 1. The van der Waals surface area contributed by atoms with Crippen LogP contribution in [-0.4, -0.2) is 44.6 Å². The Labute approximate surface area is 160 Å². The van der Waals surface area contributed by atoms with Gasteiger partial charge in [-0.15, -0.1) is 4.40 Å². The summed E-state index contributed by atoms with van der Waals surface area (Å²) in [4.78, 5) is 2.07. The molecule has 0 aromatic heterocycles. The van der Waals surface area contributed by atoms with E-state index in [1.165, 1.54) is 0 Å². The summed E-state index contributed by atoms with van der Waals surface area (Å²) < 4.78 is 35.5. The molecule has 3 atom stereocenters. The van der Waals surface area contributed by atoms with Crippen molar-refractivity contribution in [3.63, 3.8) is 0 Å². The highest BCUT2D eigenvalue weighted by atomic mass is 32.2. The molecule has 1 aliphatic heterocycles. The Balaban J connectivity index is 1.92. The first-order chi connectivity index (χ1) is 13.0. The van der Waals surface area contributed by atoms with Crippen LogP contribution in [-0.2, 0) is 15.4 Å². The maximum Gasteiger partial charge on any atom is 0.259 e. The van der Waals surface area contributed by atoms with Crippen LogP contribution in [0.4, 0.5) is 0 Å². The zero-order valence-electron chi connectivity index (χ0n) is 15.8. The van der Waals surface area contributed by atoms with E-state index in [0.717, 1.165) is 30.0 Å². The molecule has 2 aliphatic rings. The van der Waals surface area contributed by atoms with Crippen molar-refractivity contribution in [1.82, 2.24) is 4.90 Å². The molecule has 1 saturated carbocycles. The van der Waals surface area contributed by atoms with Gasteiger partial charge < -0.3 is 9.64 Å². The molecule has 0 radical (unpaired) electrons. The average molecular weight is 385 g/mol. The van der Waals surface area contributed by atoms with Crippen LogP contribution in [0.2, 0.25) is 0 Å². The fourth-order valence-corrected chi connectivity index (χ4v) is 6.68. The monoisotopic (exact) mass is 384 g/mol. The largest absolute Gasteiger partial charge is 0.497 e. The molecule has 3 unspecified atom stereocenters. The Kier molecular flexibility index (Phi) is 4.26. The molecule has 2 aromatic carbocycles. The Morgan fingerprint density at radius 2 is 1.67 bits per heavy atom. The number of rotatable bonds is 5.